The molecule has 3 aromatic rings. The van der Waals surface area contributed by atoms with Crippen molar-refractivity contribution in [3.63, 3.8) is 0 Å². The van der Waals surface area contributed by atoms with Crippen molar-refractivity contribution in [3.8, 4) is 5.75 Å². The van der Waals surface area contributed by atoms with Gasteiger partial charge in [-0.2, -0.15) is 0 Å². The van der Waals surface area contributed by atoms with Gasteiger partial charge in [-0.1, -0.05) is 36.4 Å². The summed E-state index contributed by atoms with van der Waals surface area (Å²) in [5, 5.41) is 0. The minimum Gasteiger partial charge on any atom is -0.493 e. The van der Waals surface area contributed by atoms with Crippen molar-refractivity contribution in [2.75, 3.05) is 37.1 Å². The smallest absolute Gasteiger partial charge is 0.415 e. The molecular weight excluding hydrogens is 470 g/mol. The van der Waals surface area contributed by atoms with E-state index in [0.717, 1.165) is 22.7 Å². The van der Waals surface area contributed by atoms with Crippen LogP contribution in [0.2, 0.25) is 0 Å². The molecule has 196 valence electrons. The predicted molar refractivity (Wildman–Crippen MR) is 144 cm³/mol. The minimum absolute atomic E-state index is 0.161. The Bertz CT molecular complexity index is 1160. The quantitative estimate of drug-likeness (QED) is 0.348. The fourth-order valence-electron chi connectivity index (χ4n) is 3.50. The maximum Gasteiger partial charge on any atom is 0.415 e. The molecule has 8 heteroatoms. The van der Waals surface area contributed by atoms with E-state index in [1.54, 1.807) is 13.1 Å². The number of carbonyl (C=O) groups is 2. The fraction of sp³-hybridized carbons (Fsp3) is 0.345. The van der Waals surface area contributed by atoms with Crippen LogP contribution in [-0.4, -0.2) is 50.0 Å². The van der Waals surface area contributed by atoms with Crippen LogP contribution in [0.3, 0.4) is 0 Å². The van der Waals surface area contributed by atoms with Gasteiger partial charge in [0.15, 0.2) is 0 Å². The van der Waals surface area contributed by atoms with Gasteiger partial charge in [-0.15, -0.1) is 0 Å². The minimum atomic E-state index is -0.576. The lowest BCUT2D eigenvalue weighted by atomic mass is 10.2. The molecule has 0 atom stereocenters. The van der Waals surface area contributed by atoms with Crippen molar-refractivity contribution in [2.45, 2.75) is 39.3 Å². The second kappa shape index (κ2) is 12.8. The number of aromatic nitrogens is 1. The summed E-state index contributed by atoms with van der Waals surface area (Å²) >= 11 is 0. The first-order chi connectivity index (χ1) is 17.6. The van der Waals surface area contributed by atoms with Crippen LogP contribution in [-0.2, 0) is 27.2 Å². The molecule has 0 spiro atoms. The Hall–Kier alpha value is -4.07. The van der Waals surface area contributed by atoms with E-state index in [9.17, 15) is 9.59 Å². The first kappa shape index (κ1) is 27.5. The first-order valence-corrected chi connectivity index (χ1v) is 12.2. The third-order valence-corrected chi connectivity index (χ3v) is 5.40. The van der Waals surface area contributed by atoms with Crippen LogP contribution in [0.1, 0.15) is 32.0 Å². The number of methoxy groups -OCH3 is 1. The number of hydrogen-bond acceptors (Lipinski definition) is 7. The standard InChI is InChI=1S/C29H35N3O5/c1-29(2,3)37-28(34)31(4)26-13-9-10-23(30-26)18-19-36-25-16-14-22(15-17-25)20-32(21-27(33)35-5)24-11-7-6-8-12-24/h6-17H,18-21H2,1-5H3. The van der Waals surface area contributed by atoms with Gasteiger partial charge in [-0.25, -0.2) is 9.78 Å². The van der Waals surface area contributed by atoms with Crippen molar-refractivity contribution >= 4 is 23.6 Å². The van der Waals surface area contributed by atoms with Crippen LogP contribution in [0.15, 0.2) is 72.8 Å². The normalized spacial score (nSPS) is 10.9. The summed E-state index contributed by atoms with van der Waals surface area (Å²) < 4.78 is 16.2. The number of nitrogens with zero attached hydrogens (tertiary/aromatic N) is 3. The topological polar surface area (TPSA) is 81.2 Å². The maximum absolute atomic E-state index is 12.3. The molecule has 0 aliphatic carbocycles. The number of benzene rings is 2. The lowest BCUT2D eigenvalue weighted by molar-refractivity contribution is -0.139. The van der Waals surface area contributed by atoms with Crippen LogP contribution in [0, 0.1) is 0 Å². The van der Waals surface area contributed by atoms with Gasteiger partial charge in [0.25, 0.3) is 0 Å². The third kappa shape index (κ3) is 8.83. The van der Waals surface area contributed by atoms with Crippen molar-refractivity contribution in [1.82, 2.24) is 4.98 Å². The second-order valence-corrected chi connectivity index (χ2v) is 9.54. The molecule has 37 heavy (non-hydrogen) atoms. The summed E-state index contributed by atoms with van der Waals surface area (Å²) in [5.41, 5.74) is 2.22. The highest BCUT2D eigenvalue weighted by molar-refractivity contribution is 5.85. The van der Waals surface area contributed by atoms with Gasteiger partial charge in [0, 0.05) is 31.4 Å². The van der Waals surface area contributed by atoms with E-state index in [1.165, 1.54) is 12.0 Å². The number of para-hydroxylation sites is 1. The van der Waals surface area contributed by atoms with E-state index in [-0.39, 0.29) is 12.5 Å². The van der Waals surface area contributed by atoms with Crippen molar-refractivity contribution in [2.24, 2.45) is 0 Å². The first-order valence-electron chi connectivity index (χ1n) is 12.2. The molecule has 0 saturated carbocycles. The van der Waals surface area contributed by atoms with Gasteiger partial charge in [-0.3, -0.25) is 9.69 Å². The number of rotatable bonds is 10. The summed E-state index contributed by atoms with van der Waals surface area (Å²) in [7, 11) is 3.03. The molecule has 8 nitrogen and oxygen atoms in total. The van der Waals surface area contributed by atoms with Gasteiger partial charge in [-0.05, 0) is 62.7 Å². The number of anilines is 2. The van der Waals surface area contributed by atoms with Gasteiger partial charge < -0.3 is 19.1 Å². The Morgan fingerprint density at radius 3 is 2.27 bits per heavy atom. The van der Waals surface area contributed by atoms with Gasteiger partial charge in [0.1, 0.15) is 23.7 Å². The monoisotopic (exact) mass is 505 g/mol. The molecule has 0 aliphatic rings. The molecule has 0 fully saturated rings. The highest BCUT2D eigenvalue weighted by atomic mass is 16.6. The van der Waals surface area contributed by atoms with Crippen LogP contribution in [0.5, 0.6) is 5.75 Å². The van der Waals surface area contributed by atoms with E-state index < -0.39 is 11.7 Å². The predicted octanol–water partition coefficient (Wildman–Crippen LogP) is 5.25. The molecule has 0 aliphatic heterocycles. The zero-order valence-electron chi connectivity index (χ0n) is 22.1. The van der Waals surface area contributed by atoms with Crippen LogP contribution in [0.25, 0.3) is 0 Å². The highest BCUT2D eigenvalue weighted by Gasteiger charge is 2.21. The Morgan fingerprint density at radius 1 is 0.919 bits per heavy atom. The molecular formula is C29H35N3O5. The summed E-state index contributed by atoms with van der Waals surface area (Å²) in [6, 6.07) is 23.1. The number of hydrogen-bond donors (Lipinski definition) is 0. The number of pyridine rings is 1. The van der Waals surface area contributed by atoms with Crippen LogP contribution < -0.4 is 14.5 Å². The molecule has 1 heterocycles. The molecule has 0 N–H and O–H groups in total. The van der Waals surface area contributed by atoms with Crippen molar-refractivity contribution < 1.29 is 23.8 Å². The lowest BCUT2D eigenvalue weighted by Gasteiger charge is -2.24. The van der Waals surface area contributed by atoms with Gasteiger partial charge >= 0.3 is 12.1 Å². The molecule has 1 aromatic heterocycles. The Balaban J connectivity index is 1.55. The van der Waals surface area contributed by atoms with Crippen molar-refractivity contribution in [3.05, 3.63) is 84.1 Å². The van der Waals surface area contributed by atoms with E-state index in [4.69, 9.17) is 14.2 Å². The van der Waals surface area contributed by atoms with E-state index in [0.29, 0.717) is 25.4 Å². The summed E-state index contributed by atoms with van der Waals surface area (Å²) in [4.78, 5) is 32.2. The number of amides is 1. The molecule has 0 bridgehead atoms. The molecule has 2 aromatic carbocycles. The molecule has 1 amide bonds. The van der Waals surface area contributed by atoms with Gasteiger partial charge in [0.05, 0.1) is 13.7 Å². The zero-order valence-corrected chi connectivity index (χ0v) is 22.1. The van der Waals surface area contributed by atoms with Crippen LogP contribution in [0.4, 0.5) is 16.3 Å². The summed E-state index contributed by atoms with van der Waals surface area (Å²) in [5.74, 6) is 0.967. The van der Waals surface area contributed by atoms with Crippen molar-refractivity contribution in [1.29, 1.82) is 0 Å². The Morgan fingerprint density at radius 2 is 1.62 bits per heavy atom. The SMILES string of the molecule is COC(=O)CN(Cc1ccc(OCCc2cccc(N(C)C(=O)OC(C)(C)C)n2)cc1)c1ccccc1. The average Bonchev–Trinajstić information content (AvgIpc) is 2.88. The largest absolute Gasteiger partial charge is 0.493 e. The van der Waals surface area contributed by atoms with Gasteiger partial charge in [0.2, 0.25) is 0 Å². The number of esters is 1. The van der Waals surface area contributed by atoms with E-state index in [2.05, 4.69) is 4.98 Å². The zero-order chi connectivity index (χ0) is 26.8. The third-order valence-electron chi connectivity index (χ3n) is 5.40. The second-order valence-electron chi connectivity index (χ2n) is 9.54. The maximum atomic E-state index is 12.3. The summed E-state index contributed by atoms with van der Waals surface area (Å²) in [6.07, 6.45) is 0.129. The van der Waals surface area contributed by atoms with Crippen LogP contribution >= 0.6 is 0 Å². The lowest BCUT2D eigenvalue weighted by Crippen LogP contribution is -2.34. The molecule has 0 unspecified atom stereocenters. The van der Waals surface area contributed by atoms with E-state index >= 15 is 0 Å². The molecule has 3 rings (SSSR count). The number of ether oxygens (including phenoxy) is 3. The Kier molecular flexibility index (Phi) is 9.49. The fourth-order valence-corrected chi connectivity index (χ4v) is 3.50. The molecule has 0 radical (unpaired) electrons. The number of carbonyl (C=O) groups excluding carboxylic acids is 2. The average molecular weight is 506 g/mol. The highest BCUT2D eigenvalue weighted by Crippen LogP contribution is 2.20. The Labute approximate surface area is 218 Å². The summed E-state index contributed by atoms with van der Waals surface area (Å²) in [6.45, 7) is 6.63. The van der Waals surface area contributed by atoms with E-state index in [1.807, 2.05) is 92.4 Å². The molecule has 0 saturated heterocycles.